The molecule has 2 heterocycles. The predicted molar refractivity (Wildman–Crippen MR) is 81.7 cm³/mol. The molecule has 6 heteroatoms. The van der Waals surface area contributed by atoms with Crippen molar-refractivity contribution in [3.8, 4) is 0 Å². The molecule has 0 saturated carbocycles. The molecule has 0 atom stereocenters. The Hall–Kier alpha value is -2.11. The summed E-state index contributed by atoms with van der Waals surface area (Å²) in [5.41, 5.74) is 0.986. The summed E-state index contributed by atoms with van der Waals surface area (Å²) in [5, 5.41) is 0. The van der Waals surface area contributed by atoms with Gasteiger partial charge in [0.25, 0.3) is 0 Å². The maximum absolute atomic E-state index is 11.8. The highest BCUT2D eigenvalue weighted by atomic mass is 16.5. The molecule has 2 rings (SSSR count). The van der Waals surface area contributed by atoms with Crippen LogP contribution in [0.2, 0.25) is 0 Å². The van der Waals surface area contributed by atoms with Crippen LogP contribution >= 0.6 is 0 Å². The maximum atomic E-state index is 11.8. The van der Waals surface area contributed by atoms with Crippen LogP contribution < -0.4 is 4.90 Å². The van der Waals surface area contributed by atoms with Crippen LogP contribution in [0.15, 0.2) is 18.5 Å². The predicted octanol–water partition coefficient (Wildman–Crippen LogP) is 2.53. The van der Waals surface area contributed by atoms with Gasteiger partial charge in [0.05, 0.1) is 7.11 Å². The van der Waals surface area contributed by atoms with Gasteiger partial charge in [0.15, 0.2) is 5.69 Å². The number of anilines is 1. The zero-order chi connectivity index (χ0) is 15.4. The zero-order valence-corrected chi connectivity index (χ0v) is 13.0. The zero-order valence-electron chi connectivity index (χ0n) is 13.0. The minimum absolute atomic E-state index is 0.288. The Balaban J connectivity index is 2.59. The minimum Gasteiger partial charge on any atom is -0.464 e. The summed E-state index contributed by atoms with van der Waals surface area (Å²) in [6.45, 7) is 7.23. The minimum atomic E-state index is -0.442. The number of carbonyl (C=O) groups excluding carboxylic acids is 1. The fraction of sp³-hybridized carbons (Fsp3) is 0.533. The van der Waals surface area contributed by atoms with Gasteiger partial charge in [0, 0.05) is 31.0 Å². The van der Waals surface area contributed by atoms with Crippen molar-refractivity contribution >= 4 is 17.6 Å². The third-order valence-corrected chi connectivity index (χ3v) is 3.75. The first kappa shape index (κ1) is 15.3. The van der Waals surface area contributed by atoms with E-state index in [9.17, 15) is 4.79 Å². The van der Waals surface area contributed by atoms with Crippen molar-refractivity contribution in [1.82, 2.24) is 14.4 Å². The summed E-state index contributed by atoms with van der Waals surface area (Å²) < 4.78 is 6.70. The molecule has 0 saturated heterocycles. The summed E-state index contributed by atoms with van der Waals surface area (Å²) in [5.74, 6) is 0.295. The number of hydrogen-bond acceptors (Lipinski definition) is 5. The molecule has 0 amide bonds. The maximum Gasteiger partial charge on any atom is 0.356 e. The van der Waals surface area contributed by atoms with Crippen LogP contribution in [0.3, 0.4) is 0 Å². The topological polar surface area (TPSA) is 59.7 Å². The number of aromatic nitrogens is 3. The molecular weight excluding hydrogens is 268 g/mol. The van der Waals surface area contributed by atoms with Gasteiger partial charge in [-0.05, 0) is 19.8 Å². The molecule has 0 aliphatic rings. The standard InChI is InChI=1S/C15H22N4O2/c1-5-11(6-2)18(7-3)15-17-12(14(20)21-4)10-13-16-8-9-19(13)15/h8-11H,5-7H2,1-4H3. The number of nitrogens with zero attached hydrogens (tertiary/aromatic N) is 4. The molecule has 0 bridgehead atoms. The van der Waals surface area contributed by atoms with E-state index in [1.807, 2.05) is 10.6 Å². The van der Waals surface area contributed by atoms with Crippen molar-refractivity contribution < 1.29 is 9.53 Å². The van der Waals surface area contributed by atoms with E-state index >= 15 is 0 Å². The lowest BCUT2D eigenvalue weighted by Crippen LogP contribution is -2.36. The highest BCUT2D eigenvalue weighted by Crippen LogP contribution is 2.21. The number of carbonyl (C=O) groups is 1. The number of fused-ring (bicyclic) bond motifs is 1. The van der Waals surface area contributed by atoms with Gasteiger partial charge in [-0.25, -0.2) is 14.8 Å². The Kier molecular flexibility index (Phi) is 4.77. The highest BCUT2D eigenvalue weighted by Gasteiger charge is 2.21. The summed E-state index contributed by atoms with van der Waals surface area (Å²) in [7, 11) is 1.36. The fourth-order valence-electron chi connectivity index (χ4n) is 2.61. The number of ether oxygens (including phenoxy) is 1. The van der Waals surface area contributed by atoms with Crippen LogP contribution in [-0.4, -0.2) is 40.0 Å². The molecule has 0 unspecified atom stereocenters. The molecule has 0 N–H and O–H groups in total. The van der Waals surface area contributed by atoms with Crippen LogP contribution in [0.1, 0.15) is 44.1 Å². The van der Waals surface area contributed by atoms with E-state index in [1.54, 1.807) is 12.3 Å². The number of rotatable bonds is 6. The molecule has 6 nitrogen and oxygen atoms in total. The van der Waals surface area contributed by atoms with Crippen molar-refractivity contribution in [2.24, 2.45) is 0 Å². The lowest BCUT2D eigenvalue weighted by molar-refractivity contribution is 0.0594. The van der Waals surface area contributed by atoms with E-state index in [0.717, 1.165) is 25.3 Å². The highest BCUT2D eigenvalue weighted by molar-refractivity contribution is 5.88. The SMILES string of the molecule is CCC(CC)N(CC)c1nc(C(=O)OC)cc2nccn12. The first-order valence-corrected chi connectivity index (χ1v) is 7.35. The first-order chi connectivity index (χ1) is 10.2. The Bertz CT molecular complexity index is 619. The van der Waals surface area contributed by atoms with Crippen LogP contribution in [0, 0.1) is 0 Å². The molecule has 0 fully saturated rings. The first-order valence-electron chi connectivity index (χ1n) is 7.35. The third-order valence-electron chi connectivity index (χ3n) is 3.75. The molecule has 2 aromatic heterocycles. The van der Waals surface area contributed by atoms with Crippen molar-refractivity contribution in [2.45, 2.75) is 39.7 Å². The number of imidazole rings is 1. The Morgan fingerprint density at radius 2 is 2.10 bits per heavy atom. The van der Waals surface area contributed by atoms with Crippen LogP contribution in [0.25, 0.3) is 5.65 Å². The summed E-state index contributed by atoms with van der Waals surface area (Å²) >= 11 is 0. The largest absolute Gasteiger partial charge is 0.464 e. The Labute approximate surface area is 124 Å². The van der Waals surface area contributed by atoms with E-state index in [4.69, 9.17) is 4.74 Å². The lowest BCUT2D eigenvalue weighted by Gasteiger charge is -2.30. The van der Waals surface area contributed by atoms with Gasteiger partial charge in [-0.2, -0.15) is 0 Å². The number of methoxy groups -OCH3 is 1. The second-order valence-electron chi connectivity index (χ2n) is 4.84. The smallest absolute Gasteiger partial charge is 0.356 e. The number of esters is 1. The quantitative estimate of drug-likeness (QED) is 0.765. The van der Waals surface area contributed by atoms with E-state index in [2.05, 4.69) is 35.6 Å². The molecule has 2 aromatic rings. The van der Waals surface area contributed by atoms with Crippen molar-refractivity contribution in [3.63, 3.8) is 0 Å². The van der Waals surface area contributed by atoms with Gasteiger partial charge < -0.3 is 9.64 Å². The van der Waals surface area contributed by atoms with Crippen LogP contribution in [0.4, 0.5) is 5.95 Å². The van der Waals surface area contributed by atoms with Gasteiger partial charge in [0.1, 0.15) is 5.65 Å². The van der Waals surface area contributed by atoms with E-state index in [0.29, 0.717) is 11.7 Å². The average molecular weight is 290 g/mol. The van der Waals surface area contributed by atoms with Gasteiger partial charge in [-0.15, -0.1) is 0 Å². The van der Waals surface area contributed by atoms with E-state index in [1.165, 1.54) is 7.11 Å². The fourth-order valence-corrected chi connectivity index (χ4v) is 2.61. The van der Waals surface area contributed by atoms with Gasteiger partial charge >= 0.3 is 5.97 Å². The Morgan fingerprint density at radius 1 is 1.38 bits per heavy atom. The molecular formula is C15H22N4O2. The molecule has 21 heavy (non-hydrogen) atoms. The molecule has 0 aromatic carbocycles. The normalized spacial score (nSPS) is 11.1. The summed E-state index contributed by atoms with van der Waals surface area (Å²) in [4.78, 5) is 22.8. The van der Waals surface area contributed by atoms with Crippen LogP contribution in [0.5, 0.6) is 0 Å². The molecule has 0 aliphatic carbocycles. The van der Waals surface area contributed by atoms with Crippen molar-refractivity contribution in [3.05, 3.63) is 24.2 Å². The van der Waals surface area contributed by atoms with Crippen molar-refractivity contribution in [1.29, 1.82) is 0 Å². The monoisotopic (exact) mass is 290 g/mol. The summed E-state index contributed by atoms with van der Waals surface area (Å²) in [6.07, 6.45) is 5.61. The second-order valence-corrected chi connectivity index (χ2v) is 4.84. The molecule has 0 spiro atoms. The van der Waals surface area contributed by atoms with E-state index in [-0.39, 0.29) is 5.69 Å². The molecule has 0 aliphatic heterocycles. The van der Waals surface area contributed by atoms with Gasteiger partial charge in [-0.3, -0.25) is 4.40 Å². The van der Waals surface area contributed by atoms with Gasteiger partial charge in [0.2, 0.25) is 5.95 Å². The lowest BCUT2D eigenvalue weighted by atomic mass is 10.1. The Morgan fingerprint density at radius 3 is 2.67 bits per heavy atom. The number of hydrogen-bond donors (Lipinski definition) is 0. The summed E-state index contributed by atoms with van der Waals surface area (Å²) in [6, 6.07) is 2.02. The molecule has 0 radical (unpaired) electrons. The average Bonchev–Trinajstić information content (AvgIpc) is 2.99. The molecule has 114 valence electrons. The third kappa shape index (κ3) is 2.84. The van der Waals surface area contributed by atoms with E-state index < -0.39 is 5.97 Å². The second kappa shape index (κ2) is 6.56. The van der Waals surface area contributed by atoms with Crippen molar-refractivity contribution in [2.75, 3.05) is 18.6 Å². The van der Waals surface area contributed by atoms with Gasteiger partial charge in [-0.1, -0.05) is 13.8 Å². The van der Waals surface area contributed by atoms with Crippen LogP contribution in [-0.2, 0) is 4.74 Å².